The van der Waals surface area contributed by atoms with Crippen LogP contribution in [0.4, 0.5) is 0 Å². The molecule has 0 spiro atoms. The number of carboxylic acids is 1. The quantitative estimate of drug-likeness (QED) is 0.416. The third-order valence-electron chi connectivity index (χ3n) is 5.38. The molecule has 5 nitrogen and oxygen atoms in total. The number of carbonyl (C=O) groups excluding carboxylic acids is 1. The van der Waals surface area contributed by atoms with Gasteiger partial charge in [0.2, 0.25) is 5.91 Å². The van der Waals surface area contributed by atoms with E-state index >= 15 is 0 Å². The summed E-state index contributed by atoms with van der Waals surface area (Å²) in [5, 5.41) is 18.7. The minimum Gasteiger partial charge on any atom is -0.480 e. The summed E-state index contributed by atoms with van der Waals surface area (Å²) >= 11 is 0. The number of likely N-dealkylation sites (tertiary alicyclic amines) is 1. The first kappa shape index (κ1) is 22.9. The van der Waals surface area contributed by atoms with Gasteiger partial charge >= 0.3 is 5.97 Å². The van der Waals surface area contributed by atoms with Gasteiger partial charge in [-0.1, -0.05) is 84.0 Å². The van der Waals surface area contributed by atoms with Crippen molar-refractivity contribution in [2.75, 3.05) is 6.54 Å². The highest BCUT2D eigenvalue weighted by molar-refractivity contribution is 5.84. The van der Waals surface area contributed by atoms with Gasteiger partial charge < -0.3 is 15.1 Å². The molecule has 152 valence electrons. The Balaban J connectivity index is 1.94. The number of carbonyl (C=O) groups is 2. The number of unbranched alkanes of at least 4 members (excludes halogenated alkanes) is 12. The molecule has 0 aromatic carbocycles. The molecule has 5 heteroatoms. The Morgan fingerprint density at radius 3 is 1.77 bits per heavy atom. The number of β-amino-alcohol motifs (C(OH)–C–C–N with tert-alkyl or cyclic N) is 1. The van der Waals surface area contributed by atoms with Crippen LogP contribution in [0.3, 0.4) is 0 Å². The minimum absolute atomic E-state index is 0.128. The largest absolute Gasteiger partial charge is 0.480 e. The first-order valence-electron chi connectivity index (χ1n) is 10.8. The number of nitrogens with zero attached hydrogens (tertiary/aromatic N) is 1. The zero-order chi connectivity index (χ0) is 19.2. The summed E-state index contributed by atoms with van der Waals surface area (Å²) in [6, 6.07) is -0.848. The highest BCUT2D eigenvalue weighted by atomic mass is 16.4. The third kappa shape index (κ3) is 9.56. The lowest BCUT2D eigenvalue weighted by Crippen LogP contribution is -2.40. The van der Waals surface area contributed by atoms with E-state index in [1.807, 2.05) is 0 Å². The van der Waals surface area contributed by atoms with Crippen molar-refractivity contribution in [3.63, 3.8) is 0 Å². The van der Waals surface area contributed by atoms with Crippen LogP contribution >= 0.6 is 0 Å². The number of aliphatic hydroxyl groups excluding tert-OH is 1. The van der Waals surface area contributed by atoms with Crippen molar-refractivity contribution in [3.8, 4) is 0 Å². The van der Waals surface area contributed by atoms with E-state index in [0.29, 0.717) is 6.42 Å². The normalized spacial score (nSPS) is 19.8. The lowest BCUT2D eigenvalue weighted by atomic mass is 10.0. The molecule has 0 bridgehead atoms. The molecule has 0 unspecified atom stereocenters. The zero-order valence-corrected chi connectivity index (χ0v) is 16.6. The molecule has 26 heavy (non-hydrogen) atoms. The van der Waals surface area contributed by atoms with Crippen LogP contribution in [-0.2, 0) is 9.59 Å². The summed E-state index contributed by atoms with van der Waals surface area (Å²) in [7, 11) is 0. The summed E-state index contributed by atoms with van der Waals surface area (Å²) in [6.07, 6.45) is 16.2. The molecule has 1 amide bonds. The average Bonchev–Trinajstić information content (AvgIpc) is 3.01. The van der Waals surface area contributed by atoms with Gasteiger partial charge in [0.15, 0.2) is 0 Å². The maximum absolute atomic E-state index is 12.2. The van der Waals surface area contributed by atoms with Crippen molar-refractivity contribution in [1.29, 1.82) is 0 Å². The third-order valence-corrected chi connectivity index (χ3v) is 5.38. The van der Waals surface area contributed by atoms with Crippen LogP contribution in [0.15, 0.2) is 0 Å². The van der Waals surface area contributed by atoms with Crippen molar-refractivity contribution < 1.29 is 19.8 Å². The lowest BCUT2D eigenvalue weighted by molar-refractivity contribution is -0.148. The van der Waals surface area contributed by atoms with E-state index in [4.69, 9.17) is 5.11 Å². The van der Waals surface area contributed by atoms with Crippen LogP contribution in [0, 0.1) is 0 Å². The zero-order valence-electron chi connectivity index (χ0n) is 16.6. The molecule has 0 radical (unpaired) electrons. The van der Waals surface area contributed by atoms with Gasteiger partial charge in [-0.05, 0) is 6.42 Å². The van der Waals surface area contributed by atoms with E-state index in [-0.39, 0.29) is 18.9 Å². The number of carboxylic acid groups (broad SMARTS) is 1. The molecule has 1 rings (SSSR count). The molecule has 0 aliphatic carbocycles. The fourth-order valence-corrected chi connectivity index (χ4v) is 3.76. The van der Waals surface area contributed by atoms with Crippen molar-refractivity contribution in [3.05, 3.63) is 0 Å². The van der Waals surface area contributed by atoms with E-state index in [2.05, 4.69) is 6.92 Å². The Morgan fingerprint density at radius 2 is 1.31 bits per heavy atom. The molecule has 0 aromatic rings. The van der Waals surface area contributed by atoms with Gasteiger partial charge in [0, 0.05) is 19.4 Å². The number of hydrogen-bond donors (Lipinski definition) is 2. The standard InChI is InChI=1S/C21H39NO4/c1-2-3-4-5-6-7-8-9-10-11-12-13-14-15-20(24)22-17-18(23)16-19(22)21(25)26/h18-19,23H,2-17H2,1H3,(H,25,26)/t18-,19+/m1/s1. The predicted octanol–water partition coefficient (Wildman–Crippen LogP) is 4.51. The molecular formula is C21H39NO4. The predicted molar refractivity (Wildman–Crippen MR) is 104 cm³/mol. The average molecular weight is 370 g/mol. The van der Waals surface area contributed by atoms with Gasteiger partial charge in [-0.3, -0.25) is 4.79 Å². The Hall–Kier alpha value is -1.10. The van der Waals surface area contributed by atoms with Crippen molar-refractivity contribution in [2.45, 2.75) is 115 Å². The summed E-state index contributed by atoms with van der Waals surface area (Å²) in [5.41, 5.74) is 0. The topological polar surface area (TPSA) is 77.8 Å². The van der Waals surface area contributed by atoms with Gasteiger partial charge in [-0.15, -0.1) is 0 Å². The summed E-state index contributed by atoms with van der Waals surface area (Å²) in [4.78, 5) is 24.6. The van der Waals surface area contributed by atoms with Crippen LogP contribution < -0.4 is 0 Å². The first-order valence-corrected chi connectivity index (χ1v) is 10.8. The van der Waals surface area contributed by atoms with Gasteiger partial charge in [0.05, 0.1) is 6.10 Å². The second-order valence-corrected chi connectivity index (χ2v) is 7.78. The maximum atomic E-state index is 12.2. The van der Waals surface area contributed by atoms with Crippen LogP contribution in [0.1, 0.15) is 103 Å². The Morgan fingerprint density at radius 1 is 0.846 bits per heavy atom. The van der Waals surface area contributed by atoms with Crippen molar-refractivity contribution >= 4 is 11.9 Å². The Kier molecular flexibility index (Phi) is 12.4. The molecule has 1 fully saturated rings. The number of aliphatic hydroxyl groups is 1. The summed E-state index contributed by atoms with van der Waals surface area (Å²) in [6.45, 7) is 2.41. The molecular weight excluding hydrogens is 330 g/mol. The Labute approximate surface area is 159 Å². The van der Waals surface area contributed by atoms with Crippen LogP contribution in [0.5, 0.6) is 0 Å². The van der Waals surface area contributed by atoms with Gasteiger partial charge in [-0.25, -0.2) is 4.79 Å². The number of rotatable bonds is 15. The van der Waals surface area contributed by atoms with Crippen molar-refractivity contribution in [1.82, 2.24) is 4.90 Å². The minimum atomic E-state index is -1.01. The molecule has 1 saturated heterocycles. The SMILES string of the molecule is CCCCCCCCCCCCCCCC(=O)N1C[C@H](O)C[C@H]1C(=O)O. The lowest BCUT2D eigenvalue weighted by Gasteiger charge is -2.21. The van der Waals surface area contributed by atoms with Gasteiger partial charge in [0.25, 0.3) is 0 Å². The molecule has 0 saturated carbocycles. The summed E-state index contributed by atoms with van der Waals surface area (Å²) in [5.74, 6) is -1.14. The monoisotopic (exact) mass is 369 g/mol. The fraction of sp³-hybridized carbons (Fsp3) is 0.905. The molecule has 1 aliphatic rings. The molecule has 2 atom stereocenters. The summed E-state index contributed by atoms with van der Waals surface area (Å²) < 4.78 is 0. The second-order valence-electron chi connectivity index (χ2n) is 7.78. The van der Waals surface area contributed by atoms with E-state index < -0.39 is 18.1 Å². The van der Waals surface area contributed by atoms with Crippen molar-refractivity contribution in [2.24, 2.45) is 0 Å². The van der Waals surface area contributed by atoms with E-state index in [1.54, 1.807) is 0 Å². The first-order chi connectivity index (χ1) is 12.6. The number of aliphatic carboxylic acids is 1. The number of hydrogen-bond acceptors (Lipinski definition) is 3. The maximum Gasteiger partial charge on any atom is 0.326 e. The number of amides is 1. The Bertz CT molecular complexity index is 399. The van der Waals surface area contributed by atoms with E-state index in [0.717, 1.165) is 19.3 Å². The molecule has 0 aromatic heterocycles. The van der Waals surface area contributed by atoms with E-state index in [1.165, 1.54) is 69.1 Å². The highest BCUT2D eigenvalue weighted by Gasteiger charge is 2.38. The fourth-order valence-electron chi connectivity index (χ4n) is 3.76. The molecule has 1 aliphatic heterocycles. The highest BCUT2D eigenvalue weighted by Crippen LogP contribution is 2.20. The van der Waals surface area contributed by atoms with Gasteiger partial charge in [0.1, 0.15) is 6.04 Å². The van der Waals surface area contributed by atoms with Crippen LogP contribution in [-0.4, -0.2) is 45.7 Å². The second kappa shape index (κ2) is 14.0. The smallest absolute Gasteiger partial charge is 0.326 e. The van der Waals surface area contributed by atoms with E-state index in [9.17, 15) is 14.7 Å². The van der Waals surface area contributed by atoms with Crippen LogP contribution in [0.2, 0.25) is 0 Å². The molecule has 1 heterocycles. The van der Waals surface area contributed by atoms with Crippen LogP contribution in [0.25, 0.3) is 0 Å². The molecule has 2 N–H and O–H groups in total. The van der Waals surface area contributed by atoms with Gasteiger partial charge in [-0.2, -0.15) is 0 Å².